The number of carbonyl (C=O) groups is 2. The fraction of sp³-hybridized carbons (Fsp3) is 0.300. The van der Waals surface area contributed by atoms with Crippen molar-refractivity contribution >= 4 is 23.6 Å². The first-order valence-corrected chi connectivity index (χ1v) is 9.41. The van der Waals surface area contributed by atoms with E-state index >= 15 is 0 Å². The van der Waals surface area contributed by atoms with Gasteiger partial charge in [-0.3, -0.25) is 9.59 Å². The first-order valence-electron chi connectivity index (χ1n) is 8.43. The minimum Gasteiger partial charge on any atom is -0.455 e. The average Bonchev–Trinajstić information content (AvgIpc) is 2.66. The molecule has 1 aliphatic carbocycles. The zero-order chi connectivity index (χ0) is 17.5. The molecule has 130 valence electrons. The third-order valence-electron chi connectivity index (χ3n) is 4.17. The molecule has 0 bridgehead atoms. The third-order valence-corrected chi connectivity index (χ3v) is 5.15. The van der Waals surface area contributed by atoms with Crippen LogP contribution < -0.4 is 5.32 Å². The number of nitrogens with one attached hydrogen (secondary N) is 1. The van der Waals surface area contributed by atoms with Gasteiger partial charge in [0.25, 0.3) is 5.91 Å². The molecule has 0 fully saturated rings. The van der Waals surface area contributed by atoms with Crippen molar-refractivity contribution in [1.29, 1.82) is 0 Å². The van der Waals surface area contributed by atoms with E-state index in [1.807, 2.05) is 42.5 Å². The first kappa shape index (κ1) is 17.5. The van der Waals surface area contributed by atoms with Crippen LogP contribution in [0.4, 0.5) is 0 Å². The van der Waals surface area contributed by atoms with E-state index in [9.17, 15) is 9.59 Å². The molecule has 0 heterocycles. The van der Waals surface area contributed by atoms with Gasteiger partial charge in [0.15, 0.2) is 6.61 Å². The van der Waals surface area contributed by atoms with Gasteiger partial charge in [-0.15, -0.1) is 11.8 Å². The van der Waals surface area contributed by atoms with Crippen LogP contribution in [-0.4, -0.2) is 24.2 Å². The van der Waals surface area contributed by atoms with Crippen molar-refractivity contribution < 1.29 is 14.3 Å². The molecule has 1 unspecified atom stereocenters. The third kappa shape index (κ3) is 5.10. The number of hydrogen-bond donors (Lipinski definition) is 1. The summed E-state index contributed by atoms with van der Waals surface area (Å²) in [7, 11) is 0. The van der Waals surface area contributed by atoms with E-state index in [1.54, 1.807) is 0 Å². The lowest BCUT2D eigenvalue weighted by Gasteiger charge is -2.26. The van der Waals surface area contributed by atoms with E-state index in [0.29, 0.717) is 0 Å². The van der Waals surface area contributed by atoms with Crippen molar-refractivity contribution in [3.05, 3.63) is 65.7 Å². The highest BCUT2D eigenvalue weighted by molar-refractivity contribution is 8.00. The van der Waals surface area contributed by atoms with Gasteiger partial charge in [0.05, 0.1) is 11.8 Å². The number of benzene rings is 2. The predicted molar refractivity (Wildman–Crippen MR) is 98.4 cm³/mol. The lowest BCUT2D eigenvalue weighted by molar-refractivity contribution is -0.146. The second-order valence-electron chi connectivity index (χ2n) is 5.97. The second kappa shape index (κ2) is 8.72. The lowest BCUT2D eigenvalue weighted by atomic mass is 9.88. The summed E-state index contributed by atoms with van der Waals surface area (Å²) in [4.78, 5) is 24.9. The molecule has 1 atom stereocenters. The van der Waals surface area contributed by atoms with Crippen molar-refractivity contribution in [2.24, 2.45) is 0 Å². The van der Waals surface area contributed by atoms with Crippen molar-refractivity contribution in [2.75, 3.05) is 12.4 Å². The smallest absolute Gasteiger partial charge is 0.316 e. The molecule has 1 aliphatic rings. The van der Waals surface area contributed by atoms with Crippen LogP contribution in [0, 0.1) is 0 Å². The fourth-order valence-electron chi connectivity index (χ4n) is 2.99. The monoisotopic (exact) mass is 355 g/mol. The predicted octanol–water partition coefficient (Wildman–Crippen LogP) is 3.52. The van der Waals surface area contributed by atoms with Gasteiger partial charge < -0.3 is 10.1 Å². The summed E-state index contributed by atoms with van der Waals surface area (Å²) < 4.78 is 5.08. The molecule has 0 saturated heterocycles. The Morgan fingerprint density at radius 2 is 1.84 bits per heavy atom. The van der Waals surface area contributed by atoms with Crippen LogP contribution >= 0.6 is 11.8 Å². The molecule has 0 radical (unpaired) electrons. The molecule has 0 aliphatic heterocycles. The fourth-order valence-corrected chi connectivity index (χ4v) is 3.70. The van der Waals surface area contributed by atoms with Crippen LogP contribution in [0.25, 0.3) is 0 Å². The first-order chi connectivity index (χ1) is 12.2. The molecular formula is C20H21NO3S. The maximum atomic E-state index is 12.1. The van der Waals surface area contributed by atoms with Crippen LogP contribution in [0.15, 0.2) is 59.5 Å². The quantitative estimate of drug-likeness (QED) is 0.636. The Morgan fingerprint density at radius 3 is 2.68 bits per heavy atom. The molecule has 0 spiro atoms. The van der Waals surface area contributed by atoms with Crippen LogP contribution in [0.2, 0.25) is 0 Å². The van der Waals surface area contributed by atoms with Crippen LogP contribution in [0.1, 0.15) is 30.0 Å². The Balaban J connectivity index is 1.43. The number of rotatable bonds is 6. The van der Waals surface area contributed by atoms with E-state index in [2.05, 4.69) is 17.4 Å². The van der Waals surface area contributed by atoms with Gasteiger partial charge in [0.2, 0.25) is 0 Å². The Kier molecular flexibility index (Phi) is 6.12. The van der Waals surface area contributed by atoms with E-state index in [-0.39, 0.29) is 30.3 Å². The summed E-state index contributed by atoms with van der Waals surface area (Å²) in [6.45, 7) is -0.229. The summed E-state index contributed by atoms with van der Waals surface area (Å²) in [5.41, 5.74) is 2.46. The van der Waals surface area contributed by atoms with Gasteiger partial charge in [-0.05, 0) is 42.5 Å². The van der Waals surface area contributed by atoms with Crippen molar-refractivity contribution in [3.8, 4) is 0 Å². The van der Waals surface area contributed by atoms with Crippen LogP contribution in [-0.2, 0) is 20.7 Å². The average molecular weight is 355 g/mol. The molecule has 2 aromatic rings. The standard InChI is InChI=1S/C20H21NO3S/c22-19(13-24-20(23)14-25-16-9-2-1-3-10-16)21-18-12-6-8-15-7-4-5-11-17(15)18/h1-5,7,9-11,18H,6,8,12-14H2,(H,21,22). The number of aryl methyl sites for hydroxylation is 1. The van der Waals surface area contributed by atoms with E-state index in [4.69, 9.17) is 4.74 Å². The van der Waals surface area contributed by atoms with Crippen LogP contribution in [0.3, 0.4) is 0 Å². The van der Waals surface area contributed by atoms with Crippen molar-refractivity contribution in [2.45, 2.75) is 30.2 Å². The minimum absolute atomic E-state index is 0.00912. The van der Waals surface area contributed by atoms with Gasteiger partial charge in [-0.1, -0.05) is 42.5 Å². The zero-order valence-corrected chi connectivity index (χ0v) is 14.8. The zero-order valence-electron chi connectivity index (χ0n) is 13.9. The van der Waals surface area contributed by atoms with E-state index in [1.165, 1.54) is 22.9 Å². The summed E-state index contributed by atoms with van der Waals surface area (Å²) >= 11 is 1.40. The molecule has 2 aromatic carbocycles. The molecule has 0 aromatic heterocycles. The summed E-state index contributed by atoms with van der Waals surface area (Å²) in [6, 6.07) is 17.8. The van der Waals surface area contributed by atoms with Crippen LogP contribution in [0.5, 0.6) is 0 Å². The maximum Gasteiger partial charge on any atom is 0.316 e. The number of fused-ring (bicyclic) bond motifs is 1. The Hall–Kier alpha value is -2.27. The second-order valence-corrected chi connectivity index (χ2v) is 7.02. The van der Waals surface area contributed by atoms with Gasteiger partial charge in [-0.25, -0.2) is 0 Å². The summed E-state index contributed by atoms with van der Waals surface area (Å²) in [5.74, 6) is -0.434. The molecule has 0 saturated carbocycles. The SMILES string of the molecule is O=C(COC(=O)CSc1ccccc1)NC1CCCc2ccccc21. The highest BCUT2D eigenvalue weighted by atomic mass is 32.2. The van der Waals surface area contributed by atoms with E-state index < -0.39 is 0 Å². The highest BCUT2D eigenvalue weighted by Crippen LogP contribution is 2.29. The normalized spacial score (nSPS) is 15.9. The van der Waals surface area contributed by atoms with Gasteiger partial charge in [0, 0.05) is 4.90 Å². The van der Waals surface area contributed by atoms with Gasteiger partial charge in [0.1, 0.15) is 0 Å². The number of hydrogen-bond acceptors (Lipinski definition) is 4. The van der Waals surface area contributed by atoms with Crippen molar-refractivity contribution in [3.63, 3.8) is 0 Å². The molecule has 25 heavy (non-hydrogen) atoms. The maximum absolute atomic E-state index is 12.1. The van der Waals surface area contributed by atoms with Crippen molar-refractivity contribution in [1.82, 2.24) is 5.32 Å². The Labute approximate surface area is 152 Å². The molecule has 3 rings (SSSR count). The number of ether oxygens (including phenoxy) is 1. The van der Waals surface area contributed by atoms with Gasteiger partial charge >= 0.3 is 5.97 Å². The summed E-state index contributed by atoms with van der Waals surface area (Å²) in [6.07, 6.45) is 3.02. The molecule has 4 nitrogen and oxygen atoms in total. The molecule has 5 heteroatoms. The lowest BCUT2D eigenvalue weighted by Crippen LogP contribution is -2.34. The summed E-state index contributed by atoms with van der Waals surface area (Å²) in [5, 5.41) is 2.98. The van der Waals surface area contributed by atoms with E-state index in [0.717, 1.165) is 24.2 Å². The number of esters is 1. The molecule has 1 N–H and O–H groups in total. The Morgan fingerprint density at radius 1 is 1.08 bits per heavy atom. The molecule has 1 amide bonds. The number of carbonyl (C=O) groups excluding carboxylic acids is 2. The number of thioether (sulfide) groups is 1. The minimum atomic E-state index is -0.381. The highest BCUT2D eigenvalue weighted by Gasteiger charge is 2.21. The Bertz CT molecular complexity index is 733. The number of amides is 1. The molecular weight excluding hydrogens is 334 g/mol. The topological polar surface area (TPSA) is 55.4 Å². The van der Waals surface area contributed by atoms with Gasteiger partial charge in [-0.2, -0.15) is 0 Å². The largest absolute Gasteiger partial charge is 0.455 e.